The highest BCUT2D eigenvalue weighted by Crippen LogP contribution is 2.30. The second-order valence-electron chi connectivity index (χ2n) is 5.05. The largest absolute Gasteiger partial charge is 0.302 e. The van der Waals surface area contributed by atoms with Crippen LogP contribution in [0.2, 0.25) is 10.0 Å². The molecule has 0 saturated heterocycles. The van der Waals surface area contributed by atoms with E-state index < -0.39 is 0 Å². The number of rotatable bonds is 5. The number of thioether (sulfide) groups is 1. The highest BCUT2D eigenvalue weighted by molar-refractivity contribution is 7.98. The van der Waals surface area contributed by atoms with E-state index in [1.54, 1.807) is 12.1 Å². The van der Waals surface area contributed by atoms with Crippen LogP contribution in [0.4, 0.5) is 4.39 Å². The first-order valence-electron chi connectivity index (χ1n) is 7.35. The Morgan fingerprint density at radius 1 is 1.08 bits per heavy atom. The van der Waals surface area contributed by atoms with Crippen LogP contribution < -0.4 is 0 Å². The van der Waals surface area contributed by atoms with E-state index in [9.17, 15) is 4.39 Å². The van der Waals surface area contributed by atoms with Gasteiger partial charge in [0.25, 0.3) is 0 Å². The third kappa shape index (κ3) is 3.58. The zero-order chi connectivity index (χ0) is 17.1. The normalized spacial score (nSPS) is 11.0. The molecule has 24 heavy (non-hydrogen) atoms. The van der Waals surface area contributed by atoms with Gasteiger partial charge >= 0.3 is 0 Å². The first-order chi connectivity index (χ1) is 11.6. The molecule has 0 radical (unpaired) electrons. The zero-order valence-corrected chi connectivity index (χ0v) is 15.2. The van der Waals surface area contributed by atoms with Gasteiger partial charge in [0.15, 0.2) is 11.0 Å². The van der Waals surface area contributed by atoms with Gasteiger partial charge in [-0.15, -0.1) is 10.2 Å². The Balaban J connectivity index is 1.86. The smallest absolute Gasteiger partial charge is 0.191 e. The third-order valence-corrected chi connectivity index (χ3v) is 5.14. The van der Waals surface area contributed by atoms with Crippen LogP contribution >= 0.6 is 35.0 Å². The van der Waals surface area contributed by atoms with Crippen LogP contribution in [0.3, 0.4) is 0 Å². The van der Waals surface area contributed by atoms with Crippen LogP contribution in [-0.2, 0) is 12.3 Å². The quantitative estimate of drug-likeness (QED) is 0.530. The Morgan fingerprint density at radius 3 is 2.50 bits per heavy atom. The molecule has 0 aliphatic rings. The van der Waals surface area contributed by atoms with Crippen LogP contribution in [0.5, 0.6) is 0 Å². The monoisotopic (exact) mass is 381 g/mol. The van der Waals surface area contributed by atoms with Crippen molar-refractivity contribution in [3.05, 3.63) is 63.9 Å². The number of benzene rings is 2. The van der Waals surface area contributed by atoms with Crippen LogP contribution in [0.15, 0.2) is 47.6 Å². The molecule has 3 nitrogen and oxygen atoms in total. The topological polar surface area (TPSA) is 30.7 Å². The average Bonchev–Trinajstić information content (AvgIpc) is 2.98. The van der Waals surface area contributed by atoms with Gasteiger partial charge in [-0.2, -0.15) is 0 Å². The molecule has 124 valence electrons. The molecular formula is C17H14Cl2FN3S. The van der Waals surface area contributed by atoms with E-state index in [1.165, 1.54) is 17.8 Å². The summed E-state index contributed by atoms with van der Waals surface area (Å²) in [4.78, 5) is 0. The van der Waals surface area contributed by atoms with Crippen molar-refractivity contribution in [2.75, 3.05) is 0 Å². The van der Waals surface area contributed by atoms with Gasteiger partial charge in [0.05, 0.1) is 0 Å². The molecule has 1 aromatic heterocycles. The van der Waals surface area contributed by atoms with Crippen molar-refractivity contribution in [3.8, 4) is 11.4 Å². The fourth-order valence-electron chi connectivity index (χ4n) is 2.30. The van der Waals surface area contributed by atoms with Crippen LogP contribution in [0.1, 0.15) is 12.5 Å². The van der Waals surface area contributed by atoms with E-state index in [1.807, 2.05) is 35.8 Å². The molecule has 7 heteroatoms. The summed E-state index contributed by atoms with van der Waals surface area (Å²) < 4.78 is 15.9. The van der Waals surface area contributed by atoms with Crippen LogP contribution in [-0.4, -0.2) is 14.8 Å². The Bertz CT molecular complexity index is 829. The number of halogens is 3. The summed E-state index contributed by atoms with van der Waals surface area (Å²) in [7, 11) is 0. The van der Waals surface area contributed by atoms with E-state index in [0.717, 1.165) is 16.5 Å². The van der Waals surface area contributed by atoms with E-state index >= 15 is 0 Å². The van der Waals surface area contributed by atoms with Gasteiger partial charge in [-0.3, -0.25) is 0 Å². The van der Waals surface area contributed by atoms with Crippen molar-refractivity contribution in [2.45, 2.75) is 24.4 Å². The Labute approximate surface area is 153 Å². The first kappa shape index (κ1) is 17.3. The van der Waals surface area contributed by atoms with Gasteiger partial charge in [0.1, 0.15) is 5.82 Å². The average molecular weight is 382 g/mol. The summed E-state index contributed by atoms with van der Waals surface area (Å²) in [6, 6.07) is 12.1. The predicted molar refractivity (Wildman–Crippen MR) is 97.1 cm³/mol. The SMILES string of the molecule is CCn1c(SCc2c(F)cccc2Cl)nnc1-c1ccc(Cl)cc1. The van der Waals surface area contributed by atoms with Gasteiger partial charge in [0.2, 0.25) is 0 Å². The van der Waals surface area contributed by atoms with Gasteiger partial charge in [0, 0.05) is 33.5 Å². The van der Waals surface area contributed by atoms with E-state index in [-0.39, 0.29) is 5.82 Å². The van der Waals surface area contributed by atoms with E-state index in [0.29, 0.717) is 27.9 Å². The molecule has 0 aliphatic heterocycles. The minimum absolute atomic E-state index is 0.310. The standard InChI is InChI=1S/C17H14Cl2FN3S/c1-2-23-16(11-6-8-12(18)9-7-11)21-22-17(23)24-10-13-14(19)4-3-5-15(13)20/h3-9H,2,10H2,1H3. The van der Waals surface area contributed by atoms with Gasteiger partial charge < -0.3 is 4.57 Å². The molecule has 0 atom stereocenters. The molecule has 0 N–H and O–H groups in total. The maximum absolute atomic E-state index is 13.9. The van der Waals surface area contributed by atoms with Gasteiger partial charge in [-0.05, 0) is 43.3 Å². The molecule has 0 fully saturated rings. The highest BCUT2D eigenvalue weighted by atomic mass is 35.5. The zero-order valence-electron chi connectivity index (χ0n) is 12.8. The predicted octanol–water partition coefficient (Wildman–Crippen LogP) is 5.70. The molecule has 0 unspecified atom stereocenters. The number of aromatic nitrogens is 3. The van der Waals surface area contributed by atoms with Crippen LogP contribution in [0, 0.1) is 5.82 Å². The third-order valence-electron chi connectivity index (χ3n) is 3.54. The van der Waals surface area contributed by atoms with Gasteiger partial charge in [-0.25, -0.2) is 4.39 Å². The Morgan fingerprint density at radius 2 is 1.83 bits per heavy atom. The van der Waals surface area contributed by atoms with E-state index in [2.05, 4.69) is 10.2 Å². The fraction of sp³-hybridized carbons (Fsp3) is 0.176. The summed E-state index contributed by atoms with van der Waals surface area (Å²) >= 11 is 13.4. The number of hydrogen-bond donors (Lipinski definition) is 0. The summed E-state index contributed by atoms with van der Waals surface area (Å²) in [5, 5.41) is 10.3. The molecule has 0 amide bonds. The lowest BCUT2D eigenvalue weighted by molar-refractivity contribution is 0.617. The molecule has 2 aromatic carbocycles. The Kier molecular flexibility index (Phi) is 5.43. The summed E-state index contributed by atoms with van der Waals surface area (Å²) in [5.41, 5.74) is 1.41. The molecule has 0 saturated carbocycles. The highest BCUT2D eigenvalue weighted by Gasteiger charge is 2.15. The molecule has 1 heterocycles. The molecule has 3 rings (SSSR count). The molecular weight excluding hydrogens is 368 g/mol. The van der Waals surface area contributed by atoms with Crippen LogP contribution in [0.25, 0.3) is 11.4 Å². The van der Waals surface area contributed by atoms with Gasteiger partial charge in [-0.1, -0.05) is 41.0 Å². The second kappa shape index (κ2) is 7.55. The summed E-state index contributed by atoms with van der Waals surface area (Å²) in [6.45, 7) is 2.72. The molecule has 0 aliphatic carbocycles. The number of nitrogens with zero attached hydrogens (tertiary/aromatic N) is 3. The van der Waals surface area contributed by atoms with Crippen molar-refractivity contribution in [2.24, 2.45) is 0 Å². The number of hydrogen-bond acceptors (Lipinski definition) is 3. The first-order valence-corrected chi connectivity index (χ1v) is 9.09. The second-order valence-corrected chi connectivity index (χ2v) is 6.83. The fourth-order valence-corrected chi connectivity index (χ4v) is 3.77. The minimum Gasteiger partial charge on any atom is -0.302 e. The lowest BCUT2D eigenvalue weighted by Crippen LogP contribution is -2.00. The van der Waals surface area contributed by atoms with Crippen molar-refractivity contribution >= 4 is 35.0 Å². The lowest BCUT2D eigenvalue weighted by atomic mass is 10.2. The maximum Gasteiger partial charge on any atom is 0.191 e. The lowest BCUT2D eigenvalue weighted by Gasteiger charge is -2.08. The van der Waals surface area contributed by atoms with Crippen molar-refractivity contribution in [3.63, 3.8) is 0 Å². The molecule has 0 bridgehead atoms. The van der Waals surface area contributed by atoms with E-state index in [4.69, 9.17) is 23.2 Å². The van der Waals surface area contributed by atoms with Crippen molar-refractivity contribution in [1.29, 1.82) is 0 Å². The molecule has 3 aromatic rings. The summed E-state index contributed by atoms with van der Waals surface area (Å²) in [5.74, 6) is 0.844. The maximum atomic E-state index is 13.9. The minimum atomic E-state index is -0.310. The Hall–Kier alpha value is -1.56. The van der Waals surface area contributed by atoms with Crippen molar-refractivity contribution < 1.29 is 4.39 Å². The molecule has 0 spiro atoms. The van der Waals surface area contributed by atoms with Crippen molar-refractivity contribution in [1.82, 2.24) is 14.8 Å². The summed E-state index contributed by atoms with van der Waals surface area (Å²) in [6.07, 6.45) is 0.